The minimum absolute atomic E-state index is 0.0699. The second kappa shape index (κ2) is 6.99. The molecule has 1 aliphatic rings. The van der Waals surface area contributed by atoms with Crippen molar-refractivity contribution in [2.45, 2.75) is 0 Å². The van der Waals surface area contributed by atoms with Gasteiger partial charge in [0.25, 0.3) is 11.6 Å². The van der Waals surface area contributed by atoms with Crippen LogP contribution in [-0.4, -0.2) is 66.3 Å². The van der Waals surface area contributed by atoms with E-state index >= 15 is 0 Å². The quantitative estimate of drug-likeness (QED) is 0.628. The number of nitrogens with one attached hydrogen (secondary N) is 1. The van der Waals surface area contributed by atoms with Crippen molar-refractivity contribution in [3.8, 4) is 0 Å². The topological polar surface area (TPSA) is 95.8 Å². The van der Waals surface area contributed by atoms with Gasteiger partial charge in [0.1, 0.15) is 0 Å². The molecule has 1 fully saturated rings. The molecule has 1 aromatic rings. The summed E-state index contributed by atoms with van der Waals surface area (Å²) >= 11 is 0. The predicted molar refractivity (Wildman–Crippen MR) is 79.5 cm³/mol. The van der Waals surface area contributed by atoms with Crippen molar-refractivity contribution >= 4 is 17.5 Å². The molecule has 0 atom stereocenters. The van der Waals surface area contributed by atoms with Crippen molar-refractivity contribution in [1.29, 1.82) is 0 Å². The summed E-state index contributed by atoms with van der Waals surface area (Å²) in [5, 5.41) is 13.1. The van der Waals surface area contributed by atoms with Gasteiger partial charge in [-0.1, -0.05) is 0 Å². The van der Waals surface area contributed by atoms with Crippen LogP contribution < -0.4 is 5.32 Å². The number of benzene rings is 1. The van der Waals surface area contributed by atoms with Gasteiger partial charge in [-0.2, -0.15) is 0 Å². The zero-order valence-electron chi connectivity index (χ0n) is 12.3. The highest BCUT2D eigenvalue weighted by molar-refractivity contribution is 5.96. The number of nitro groups is 1. The maximum Gasteiger partial charge on any atom is 0.269 e. The minimum atomic E-state index is -0.529. The van der Waals surface area contributed by atoms with Gasteiger partial charge in [0, 0.05) is 43.9 Å². The maximum atomic E-state index is 12.0. The summed E-state index contributed by atoms with van der Waals surface area (Å²) in [4.78, 5) is 37.8. The number of hydrogen-bond donors (Lipinski definition) is 1. The summed E-state index contributed by atoms with van der Waals surface area (Å²) in [5.41, 5.74) is 0.210. The van der Waals surface area contributed by atoms with E-state index in [1.165, 1.54) is 24.3 Å². The van der Waals surface area contributed by atoms with Crippen LogP contribution in [0, 0.1) is 10.1 Å². The van der Waals surface area contributed by atoms with Crippen LogP contribution in [0.25, 0.3) is 0 Å². The van der Waals surface area contributed by atoms with Crippen molar-refractivity contribution in [3.05, 3.63) is 39.9 Å². The Hall–Kier alpha value is -2.48. The Morgan fingerprint density at radius 2 is 1.77 bits per heavy atom. The normalized spacial score (nSPS) is 15.4. The van der Waals surface area contributed by atoms with E-state index in [2.05, 4.69) is 10.2 Å². The number of non-ortho nitro benzene ring substituents is 1. The molecule has 0 saturated carbocycles. The number of nitrogens with zero attached hydrogens (tertiary/aromatic N) is 3. The van der Waals surface area contributed by atoms with Gasteiger partial charge in [0.15, 0.2) is 0 Å². The maximum absolute atomic E-state index is 12.0. The van der Waals surface area contributed by atoms with Crippen molar-refractivity contribution in [1.82, 2.24) is 15.1 Å². The van der Waals surface area contributed by atoms with Crippen LogP contribution in [-0.2, 0) is 4.79 Å². The molecule has 0 aliphatic carbocycles. The molecule has 118 valence electrons. The van der Waals surface area contributed by atoms with E-state index in [4.69, 9.17) is 0 Å². The first kappa shape index (κ1) is 15.9. The third-order valence-electron chi connectivity index (χ3n) is 3.60. The Kier molecular flexibility index (Phi) is 5.05. The third kappa shape index (κ3) is 4.01. The number of likely N-dealkylation sites (N-methyl/N-ethyl adjacent to an activating group) is 1. The second-order valence-electron chi connectivity index (χ2n) is 5.17. The number of rotatable bonds is 4. The number of carbonyl (C=O) groups is 2. The molecule has 1 aliphatic heterocycles. The van der Waals surface area contributed by atoms with Crippen LogP contribution in [0.1, 0.15) is 10.4 Å². The Morgan fingerprint density at radius 3 is 2.32 bits per heavy atom. The van der Waals surface area contributed by atoms with Crippen LogP contribution in [0.5, 0.6) is 0 Å². The first-order valence-electron chi connectivity index (χ1n) is 6.96. The lowest BCUT2D eigenvalue weighted by Gasteiger charge is -2.32. The Balaban J connectivity index is 1.84. The molecule has 2 amide bonds. The van der Waals surface area contributed by atoms with Crippen molar-refractivity contribution in [3.63, 3.8) is 0 Å². The molecule has 1 N–H and O–H groups in total. The summed E-state index contributed by atoms with van der Waals surface area (Å²) < 4.78 is 0. The number of piperazine rings is 1. The molecule has 8 heteroatoms. The van der Waals surface area contributed by atoms with Gasteiger partial charge in [-0.25, -0.2) is 0 Å². The average Bonchev–Trinajstić information content (AvgIpc) is 2.53. The molecule has 1 saturated heterocycles. The molecular formula is C14H18N4O4. The van der Waals surface area contributed by atoms with Gasteiger partial charge in [-0.15, -0.1) is 0 Å². The average molecular weight is 306 g/mol. The van der Waals surface area contributed by atoms with Gasteiger partial charge < -0.3 is 15.1 Å². The predicted octanol–water partition coefficient (Wildman–Crippen LogP) is 0.0986. The number of carbonyl (C=O) groups excluding carboxylic acids is 2. The Bertz CT molecular complexity index is 565. The first-order chi connectivity index (χ1) is 10.5. The summed E-state index contributed by atoms with van der Waals surface area (Å²) in [7, 11) is 2.00. The lowest BCUT2D eigenvalue weighted by atomic mass is 10.2. The van der Waals surface area contributed by atoms with Crippen LogP contribution in [0.4, 0.5) is 5.69 Å². The molecule has 22 heavy (non-hydrogen) atoms. The zero-order chi connectivity index (χ0) is 16.1. The van der Waals surface area contributed by atoms with Gasteiger partial charge in [-0.05, 0) is 19.2 Å². The molecule has 1 heterocycles. The Morgan fingerprint density at radius 1 is 1.18 bits per heavy atom. The van der Waals surface area contributed by atoms with E-state index < -0.39 is 10.8 Å². The van der Waals surface area contributed by atoms with E-state index in [-0.39, 0.29) is 23.7 Å². The minimum Gasteiger partial charge on any atom is -0.343 e. The SMILES string of the molecule is CN1CCN(C(=O)CNC(=O)c2ccc([N+](=O)[O-])cc2)CC1. The van der Waals surface area contributed by atoms with E-state index in [9.17, 15) is 19.7 Å². The van der Waals surface area contributed by atoms with Crippen molar-refractivity contribution in [2.24, 2.45) is 0 Å². The highest BCUT2D eigenvalue weighted by atomic mass is 16.6. The third-order valence-corrected chi connectivity index (χ3v) is 3.60. The highest BCUT2D eigenvalue weighted by Crippen LogP contribution is 2.11. The fourth-order valence-corrected chi connectivity index (χ4v) is 2.16. The summed E-state index contributed by atoms with van der Waals surface area (Å²) in [6.07, 6.45) is 0. The molecular weight excluding hydrogens is 288 g/mol. The molecule has 8 nitrogen and oxygen atoms in total. The van der Waals surface area contributed by atoms with Gasteiger partial charge in [-0.3, -0.25) is 19.7 Å². The van der Waals surface area contributed by atoms with E-state index in [1.54, 1.807) is 4.90 Å². The van der Waals surface area contributed by atoms with Crippen LogP contribution in [0.15, 0.2) is 24.3 Å². The van der Waals surface area contributed by atoms with Gasteiger partial charge >= 0.3 is 0 Å². The van der Waals surface area contributed by atoms with Gasteiger partial charge in [0.05, 0.1) is 11.5 Å². The number of nitro benzene ring substituents is 1. The number of amides is 2. The molecule has 0 radical (unpaired) electrons. The second-order valence-corrected chi connectivity index (χ2v) is 5.17. The smallest absolute Gasteiger partial charge is 0.269 e. The lowest BCUT2D eigenvalue weighted by molar-refractivity contribution is -0.384. The standard InChI is InChI=1S/C14H18N4O4/c1-16-6-8-17(9-7-16)13(19)10-15-14(20)11-2-4-12(5-3-11)18(21)22/h2-5H,6-10H2,1H3,(H,15,20). The zero-order valence-corrected chi connectivity index (χ0v) is 12.3. The summed E-state index contributed by atoms with van der Waals surface area (Å²) in [6, 6.07) is 5.26. The van der Waals surface area contributed by atoms with E-state index in [0.29, 0.717) is 13.1 Å². The molecule has 0 bridgehead atoms. The molecule has 0 aromatic heterocycles. The van der Waals surface area contributed by atoms with Crippen LogP contribution in [0.2, 0.25) is 0 Å². The molecule has 0 spiro atoms. The Labute approximate surface area is 127 Å². The monoisotopic (exact) mass is 306 g/mol. The first-order valence-corrected chi connectivity index (χ1v) is 6.96. The molecule has 1 aromatic carbocycles. The fraction of sp³-hybridized carbons (Fsp3) is 0.429. The van der Waals surface area contributed by atoms with Crippen molar-refractivity contribution < 1.29 is 14.5 Å². The number of hydrogen-bond acceptors (Lipinski definition) is 5. The molecule has 2 rings (SSSR count). The van der Waals surface area contributed by atoms with E-state index in [1.807, 2.05) is 7.05 Å². The largest absolute Gasteiger partial charge is 0.343 e. The highest BCUT2D eigenvalue weighted by Gasteiger charge is 2.19. The van der Waals surface area contributed by atoms with Crippen LogP contribution >= 0.6 is 0 Å². The van der Waals surface area contributed by atoms with Crippen LogP contribution in [0.3, 0.4) is 0 Å². The fourth-order valence-electron chi connectivity index (χ4n) is 2.16. The molecule has 0 unspecified atom stereocenters. The summed E-state index contributed by atoms with van der Waals surface area (Å²) in [5.74, 6) is -0.541. The van der Waals surface area contributed by atoms with Crippen molar-refractivity contribution in [2.75, 3.05) is 39.8 Å². The van der Waals surface area contributed by atoms with E-state index in [0.717, 1.165) is 13.1 Å². The van der Waals surface area contributed by atoms with Gasteiger partial charge in [0.2, 0.25) is 5.91 Å². The lowest BCUT2D eigenvalue weighted by Crippen LogP contribution is -2.50. The summed E-state index contributed by atoms with van der Waals surface area (Å²) in [6.45, 7) is 2.88.